The predicted molar refractivity (Wildman–Crippen MR) is 90.1 cm³/mol. The van der Waals surface area contributed by atoms with Crippen LogP contribution in [0.3, 0.4) is 0 Å². The van der Waals surface area contributed by atoms with Crippen LogP contribution in [0, 0.1) is 11.6 Å². The number of aromatic nitrogens is 3. The van der Waals surface area contributed by atoms with E-state index >= 15 is 0 Å². The largest absolute Gasteiger partial charge is 0.433 e. The second-order valence-electron chi connectivity index (χ2n) is 5.56. The number of alkyl halides is 3. The fourth-order valence-corrected chi connectivity index (χ4v) is 2.39. The molecule has 2 aromatic heterocycles. The Labute approximate surface area is 159 Å². The molecular weight excluding hydrogens is 401 g/mol. The molecule has 150 valence electrons. The van der Waals surface area contributed by atoms with Crippen LogP contribution in [0.5, 0.6) is 0 Å². The molecule has 0 aliphatic carbocycles. The van der Waals surface area contributed by atoms with E-state index in [0.29, 0.717) is 17.0 Å². The second kappa shape index (κ2) is 7.66. The number of hydrogen-bond donors (Lipinski definition) is 2. The summed E-state index contributed by atoms with van der Waals surface area (Å²) in [5, 5.41) is 16.9. The van der Waals surface area contributed by atoms with Crippen LogP contribution < -0.4 is 5.32 Å². The molecule has 0 aliphatic heterocycles. The highest BCUT2D eigenvalue weighted by Gasteiger charge is 2.36. The molecule has 0 bridgehead atoms. The smallest absolute Gasteiger partial charge is 0.411 e. The summed E-state index contributed by atoms with van der Waals surface area (Å²) in [5.74, 6) is -3.50. The Morgan fingerprint density at radius 1 is 1.17 bits per heavy atom. The molecule has 29 heavy (non-hydrogen) atoms. The van der Waals surface area contributed by atoms with Crippen molar-refractivity contribution in [1.82, 2.24) is 14.8 Å². The number of rotatable bonds is 4. The molecule has 0 unspecified atom stereocenters. The van der Waals surface area contributed by atoms with Gasteiger partial charge < -0.3 is 10.5 Å². The number of anilines is 1. The highest BCUT2D eigenvalue weighted by molar-refractivity contribution is 6.04. The topological polar surface area (TPSA) is 92.4 Å². The van der Waals surface area contributed by atoms with Gasteiger partial charge in [-0.3, -0.25) is 4.79 Å². The quantitative estimate of drug-likeness (QED) is 0.297. The standard InChI is InChI=1S/C17H10F5N5O2/c18-11-2-1-3-12(19)15(11)16(28)25-9-4-5-14(23-7-9)27-13(17(20,21)22)6-10(26-27)8-24-29/h1-8,29H,(H,25,28). The summed E-state index contributed by atoms with van der Waals surface area (Å²) >= 11 is 0. The molecule has 2 heterocycles. The van der Waals surface area contributed by atoms with Crippen LogP contribution in [0.2, 0.25) is 0 Å². The van der Waals surface area contributed by atoms with Gasteiger partial charge in [-0.25, -0.2) is 18.4 Å². The van der Waals surface area contributed by atoms with Crippen LogP contribution in [0.15, 0.2) is 47.8 Å². The first-order valence-corrected chi connectivity index (χ1v) is 7.77. The maximum Gasteiger partial charge on any atom is 0.433 e. The van der Waals surface area contributed by atoms with Crippen molar-refractivity contribution in [3.63, 3.8) is 0 Å². The van der Waals surface area contributed by atoms with Crippen molar-refractivity contribution in [3.05, 3.63) is 71.2 Å². The molecule has 0 spiro atoms. The highest BCUT2D eigenvalue weighted by atomic mass is 19.4. The number of carbonyl (C=O) groups is 1. The Morgan fingerprint density at radius 2 is 1.86 bits per heavy atom. The Bertz CT molecular complexity index is 1060. The maximum absolute atomic E-state index is 13.6. The van der Waals surface area contributed by atoms with E-state index in [4.69, 9.17) is 5.21 Å². The number of halogens is 5. The molecule has 0 radical (unpaired) electrons. The first-order valence-electron chi connectivity index (χ1n) is 7.77. The highest BCUT2D eigenvalue weighted by Crippen LogP contribution is 2.31. The van der Waals surface area contributed by atoms with Crippen molar-refractivity contribution in [2.75, 3.05) is 5.32 Å². The van der Waals surface area contributed by atoms with E-state index in [9.17, 15) is 26.7 Å². The molecule has 2 N–H and O–H groups in total. The predicted octanol–water partition coefficient (Wildman–Crippen LogP) is 3.62. The molecule has 0 atom stereocenters. The monoisotopic (exact) mass is 411 g/mol. The Hall–Kier alpha value is -3.83. The van der Waals surface area contributed by atoms with Crippen LogP contribution in [-0.4, -0.2) is 32.1 Å². The van der Waals surface area contributed by atoms with Gasteiger partial charge in [0.25, 0.3) is 5.91 Å². The molecular formula is C17H10F5N5O2. The number of hydrogen-bond acceptors (Lipinski definition) is 5. The van der Waals surface area contributed by atoms with Gasteiger partial charge in [-0.1, -0.05) is 11.2 Å². The van der Waals surface area contributed by atoms with Gasteiger partial charge in [0.1, 0.15) is 22.9 Å². The Balaban J connectivity index is 1.89. The Morgan fingerprint density at radius 3 is 2.41 bits per heavy atom. The molecule has 0 fully saturated rings. The molecule has 1 aromatic carbocycles. The third-order valence-corrected chi connectivity index (χ3v) is 3.62. The summed E-state index contributed by atoms with van der Waals surface area (Å²) in [6.07, 6.45) is -3.07. The first-order chi connectivity index (χ1) is 13.7. The van der Waals surface area contributed by atoms with Crippen LogP contribution in [0.4, 0.5) is 27.6 Å². The maximum atomic E-state index is 13.6. The van der Waals surface area contributed by atoms with Gasteiger partial charge in [-0.2, -0.15) is 18.3 Å². The molecule has 1 amide bonds. The van der Waals surface area contributed by atoms with Crippen molar-refractivity contribution in [3.8, 4) is 5.82 Å². The third kappa shape index (κ3) is 4.20. The van der Waals surface area contributed by atoms with Gasteiger partial charge in [0.15, 0.2) is 11.5 Å². The molecule has 0 saturated heterocycles. The zero-order valence-corrected chi connectivity index (χ0v) is 14.2. The van der Waals surface area contributed by atoms with E-state index in [-0.39, 0.29) is 17.2 Å². The van der Waals surface area contributed by atoms with Crippen molar-refractivity contribution in [2.45, 2.75) is 6.18 Å². The van der Waals surface area contributed by atoms with Crippen molar-refractivity contribution < 1.29 is 32.0 Å². The summed E-state index contributed by atoms with van der Waals surface area (Å²) in [4.78, 5) is 15.8. The second-order valence-corrected chi connectivity index (χ2v) is 5.56. The number of pyridine rings is 1. The lowest BCUT2D eigenvalue weighted by molar-refractivity contribution is -0.142. The fourth-order valence-electron chi connectivity index (χ4n) is 2.39. The summed E-state index contributed by atoms with van der Waals surface area (Å²) in [7, 11) is 0. The number of amides is 1. The van der Waals surface area contributed by atoms with Gasteiger partial charge in [-0.05, 0) is 30.3 Å². The zero-order valence-electron chi connectivity index (χ0n) is 14.2. The van der Waals surface area contributed by atoms with E-state index in [0.717, 1.165) is 30.5 Å². The Kier molecular flexibility index (Phi) is 5.26. The van der Waals surface area contributed by atoms with Gasteiger partial charge in [0.2, 0.25) is 0 Å². The lowest BCUT2D eigenvalue weighted by Crippen LogP contribution is -2.17. The number of carbonyl (C=O) groups excluding carboxylic acids is 1. The molecule has 3 aromatic rings. The van der Waals surface area contributed by atoms with E-state index in [1.165, 1.54) is 6.07 Å². The van der Waals surface area contributed by atoms with Crippen molar-refractivity contribution in [1.29, 1.82) is 0 Å². The van der Waals surface area contributed by atoms with Crippen LogP contribution in [0.25, 0.3) is 5.82 Å². The van der Waals surface area contributed by atoms with Gasteiger partial charge in [0, 0.05) is 0 Å². The van der Waals surface area contributed by atoms with Crippen molar-refractivity contribution in [2.24, 2.45) is 5.16 Å². The summed E-state index contributed by atoms with van der Waals surface area (Å²) in [6, 6.07) is 5.84. The van der Waals surface area contributed by atoms with E-state index in [1.54, 1.807) is 0 Å². The third-order valence-electron chi connectivity index (χ3n) is 3.62. The van der Waals surface area contributed by atoms with Gasteiger partial charge in [0.05, 0.1) is 18.1 Å². The van der Waals surface area contributed by atoms with Crippen LogP contribution in [-0.2, 0) is 6.18 Å². The first kappa shape index (κ1) is 19.9. The molecule has 0 saturated carbocycles. The lowest BCUT2D eigenvalue weighted by Gasteiger charge is -2.10. The fraction of sp³-hybridized carbons (Fsp3) is 0.0588. The van der Waals surface area contributed by atoms with Crippen LogP contribution in [0.1, 0.15) is 21.7 Å². The zero-order chi connectivity index (χ0) is 21.2. The average molecular weight is 411 g/mol. The minimum absolute atomic E-state index is 0.0146. The molecule has 0 aliphatic rings. The molecule has 12 heteroatoms. The molecule has 3 rings (SSSR count). The van der Waals surface area contributed by atoms with Gasteiger partial charge in [-0.15, -0.1) is 0 Å². The summed E-state index contributed by atoms with van der Waals surface area (Å²) < 4.78 is 67.3. The number of oxime groups is 1. The SMILES string of the molecule is O=C(Nc1ccc(-n2nc(C=NO)cc2C(F)(F)F)nc1)c1c(F)cccc1F. The van der Waals surface area contributed by atoms with Gasteiger partial charge >= 0.3 is 6.18 Å². The normalized spacial score (nSPS) is 11.8. The summed E-state index contributed by atoms with van der Waals surface area (Å²) in [5.41, 5.74) is -2.27. The van der Waals surface area contributed by atoms with Crippen molar-refractivity contribution >= 4 is 17.8 Å². The van der Waals surface area contributed by atoms with E-state index in [2.05, 4.69) is 20.6 Å². The number of nitrogens with one attached hydrogen (secondary N) is 1. The minimum Gasteiger partial charge on any atom is -0.411 e. The molecule has 7 nitrogen and oxygen atoms in total. The van der Waals surface area contributed by atoms with E-state index in [1.807, 2.05) is 0 Å². The van der Waals surface area contributed by atoms with Crippen LogP contribution >= 0.6 is 0 Å². The minimum atomic E-state index is -4.77. The lowest BCUT2D eigenvalue weighted by atomic mass is 10.2. The number of benzene rings is 1. The average Bonchev–Trinajstić information content (AvgIpc) is 3.07. The summed E-state index contributed by atoms with van der Waals surface area (Å²) in [6.45, 7) is 0. The van der Waals surface area contributed by atoms with E-state index < -0.39 is 35.0 Å². The number of nitrogens with zero attached hydrogens (tertiary/aromatic N) is 4.